The molecule has 2 aromatic carbocycles. The molecule has 4 heteroatoms. The summed E-state index contributed by atoms with van der Waals surface area (Å²) in [6.07, 6.45) is 2.65. The molecule has 22 heavy (non-hydrogen) atoms. The zero-order valence-corrected chi connectivity index (χ0v) is 14.7. The fourth-order valence-corrected chi connectivity index (χ4v) is 2.65. The van der Waals surface area contributed by atoms with E-state index in [-0.39, 0.29) is 12.2 Å². The van der Waals surface area contributed by atoms with E-state index in [0.29, 0.717) is 17.9 Å². The minimum Gasteiger partial charge on any atom is -0.507 e. The lowest BCUT2D eigenvalue weighted by Gasteiger charge is -2.15. The molecular formula is C18H19IO3. The largest absolute Gasteiger partial charge is 0.507 e. The van der Waals surface area contributed by atoms with Crippen LogP contribution >= 0.6 is 22.6 Å². The number of hydrogen-bond donors (Lipinski definition) is 1. The predicted octanol–water partition coefficient (Wildman–Crippen LogP) is 4.27. The van der Waals surface area contributed by atoms with E-state index in [4.69, 9.17) is 4.74 Å². The standard InChI is InChI=1S/C18H19IO3/c1-2-3-16-17(9-6-14(10-11-20)18(16)21)22-12-13-4-7-15(19)8-5-13/h4-9,11,21H,2-3,10,12H2,1H3. The molecule has 2 aromatic rings. The molecule has 0 saturated heterocycles. The lowest BCUT2D eigenvalue weighted by molar-refractivity contribution is -0.107. The summed E-state index contributed by atoms with van der Waals surface area (Å²) < 4.78 is 7.06. The van der Waals surface area contributed by atoms with Crippen molar-refractivity contribution in [2.24, 2.45) is 0 Å². The topological polar surface area (TPSA) is 46.5 Å². The van der Waals surface area contributed by atoms with E-state index < -0.39 is 0 Å². The lowest BCUT2D eigenvalue weighted by Crippen LogP contribution is -2.01. The number of hydrogen-bond acceptors (Lipinski definition) is 3. The van der Waals surface area contributed by atoms with Crippen LogP contribution < -0.4 is 4.74 Å². The number of halogens is 1. The van der Waals surface area contributed by atoms with Crippen LogP contribution in [0.2, 0.25) is 0 Å². The van der Waals surface area contributed by atoms with E-state index in [1.54, 1.807) is 6.07 Å². The second-order valence-electron chi connectivity index (χ2n) is 5.09. The van der Waals surface area contributed by atoms with Crippen LogP contribution in [0, 0.1) is 3.57 Å². The maximum atomic E-state index is 10.7. The number of benzene rings is 2. The van der Waals surface area contributed by atoms with E-state index in [2.05, 4.69) is 29.5 Å². The van der Waals surface area contributed by atoms with E-state index in [1.165, 1.54) is 3.57 Å². The van der Waals surface area contributed by atoms with Crippen LogP contribution in [0.1, 0.15) is 30.0 Å². The summed E-state index contributed by atoms with van der Waals surface area (Å²) in [6, 6.07) is 11.7. The van der Waals surface area contributed by atoms with Gasteiger partial charge in [0.2, 0.25) is 0 Å². The van der Waals surface area contributed by atoms with Crippen molar-refractivity contribution in [2.45, 2.75) is 32.8 Å². The molecule has 0 spiro atoms. The van der Waals surface area contributed by atoms with E-state index in [1.807, 2.05) is 30.3 Å². The van der Waals surface area contributed by atoms with Gasteiger partial charge in [0, 0.05) is 21.1 Å². The minimum absolute atomic E-state index is 0.189. The number of carbonyl (C=O) groups is 1. The Morgan fingerprint density at radius 1 is 1.18 bits per heavy atom. The molecule has 0 aliphatic rings. The molecule has 0 atom stereocenters. The van der Waals surface area contributed by atoms with Crippen LogP contribution in [-0.4, -0.2) is 11.4 Å². The lowest BCUT2D eigenvalue weighted by atomic mass is 10.0. The van der Waals surface area contributed by atoms with Crippen LogP contribution in [0.4, 0.5) is 0 Å². The summed E-state index contributed by atoms with van der Waals surface area (Å²) in [5.74, 6) is 0.876. The number of rotatable bonds is 7. The van der Waals surface area contributed by atoms with Crippen molar-refractivity contribution in [1.82, 2.24) is 0 Å². The molecule has 0 aliphatic heterocycles. The van der Waals surface area contributed by atoms with Crippen LogP contribution in [0.5, 0.6) is 11.5 Å². The Balaban J connectivity index is 2.20. The van der Waals surface area contributed by atoms with Gasteiger partial charge in [-0.3, -0.25) is 0 Å². The second kappa shape index (κ2) is 8.17. The van der Waals surface area contributed by atoms with Crippen LogP contribution in [0.3, 0.4) is 0 Å². The molecule has 0 fully saturated rings. The van der Waals surface area contributed by atoms with Crippen LogP contribution in [-0.2, 0) is 24.2 Å². The van der Waals surface area contributed by atoms with E-state index in [0.717, 1.165) is 30.3 Å². The number of aldehydes is 1. The molecule has 1 N–H and O–H groups in total. The fourth-order valence-electron chi connectivity index (χ4n) is 2.29. The molecular weight excluding hydrogens is 391 g/mol. The van der Waals surface area contributed by atoms with Crippen molar-refractivity contribution in [1.29, 1.82) is 0 Å². The molecule has 0 saturated carbocycles. The summed E-state index contributed by atoms with van der Waals surface area (Å²) in [4.78, 5) is 10.7. The summed E-state index contributed by atoms with van der Waals surface area (Å²) in [7, 11) is 0. The quantitative estimate of drug-likeness (QED) is 0.548. The summed E-state index contributed by atoms with van der Waals surface area (Å²) >= 11 is 2.27. The number of aromatic hydroxyl groups is 1. The highest BCUT2D eigenvalue weighted by Gasteiger charge is 2.13. The summed E-state index contributed by atoms with van der Waals surface area (Å²) in [5, 5.41) is 10.3. The van der Waals surface area contributed by atoms with Gasteiger partial charge in [0.15, 0.2) is 0 Å². The van der Waals surface area contributed by atoms with Crippen molar-refractivity contribution < 1.29 is 14.6 Å². The van der Waals surface area contributed by atoms with Crippen LogP contribution in [0.25, 0.3) is 0 Å². The predicted molar refractivity (Wildman–Crippen MR) is 95.4 cm³/mol. The highest BCUT2D eigenvalue weighted by Crippen LogP contribution is 2.33. The monoisotopic (exact) mass is 410 g/mol. The van der Waals surface area contributed by atoms with Crippen LogP contribution in [0.15, 0.2) is 36.4 Å². The Bertz CT molecular complexity index is 636. The molecule has 2 rings (SSSR count). The molecule has 0 unspecified atom stereocenters. The van der Waals surface area contributed by atoms with Gasteiger partial charge in [0.25, 0.3) is 0 Å². The van der Waals surface area contributed by atoms with E-state index >= 15 is 0 Å². The molecule has 116 valence electrons. The third kappa shape index (κ3) is 4.22. The zero-order valence-electron chi connectivity index (χ0n) is 12.5. The van der Waals surface area contributed by atoms with Crippen molar-refractivity contribution in [3.63, 3.8) is 0 Å². The highest BCUT2D eigenvalue weighted by atomic mass is 127. The average molecular weight is 410 g/mol. The van der Waals surface area contributed by atoms with Gasteiger partial charge in [-0.25, -0.2) is 0 Å². The van der Waals surface area contributed by atoms with Crippen molar-refractivity contribution >= 4 is 28.9 Å². The normalized spacial score (nSPS) is 10.5. The Morgan fingerprint density at radius 3 is 2.55 bits per heavy atom. The SMILES string of the molecule is CCCc1c(OCc2ccc(I)cc2)ccc(CC=O)c1O. The zero-order chi connectivity index (χ0) is 15.9. The van der Waals surface area contributed by atoms with Crippen molar-refractivity contribution in [3.8, 4) is 11.5 Å². The number of ether oxygens (including phenoxy) is 1. The van der Waals surface area contributed by atoms with Gasteiger partial charge in [-0.2, -0.15) is 0 Å². The first-order valence-electron chi connectivity index (χ1n) is 7.30. The molecule has 0 aromatic heterocycles. The maximum absolute atomic E-state index is 10.7. The first-order valence-corrected chi connectivity index (χ1v) is 8.38. The number of carbonyl (C=O) groups excluding carboxylic acids is 1. The third-order valence-corrected chi connectivity index (χ3v) is 4.15. The van der Waals surface area contributed by atoms with Gasteiger partial charge in [0.05, 0.1) is 0 Å². The van der Waals surface area contributed by atoms with Crippen molar-refractivity contribution in [2.75, 3.05) is 0 Å². The molecule has 0 aliphatic carbocycles. The van der Waals surface area contributed by atoms with Gasteiger partial charge >= 0.3 is 0 Å². The van der Waals surface area contributed by atoms with Crippen molar-refractivity contribution in [3.05, 3.63) is 56.7 Å². The van der Waals surface area contributed by atoms with Gasteiger partial charge < -0.3 is 14.6 Å². The van der Waals surface area contributed by atoms with Gasteiger partial charge in [-0.15, -0.1) is 0 Å². The molecule has 3 nitrogen and oxygen atoms in total. The Morgan fingerprint density at radius 2 is 1.91 bits per heavy atom. The molecule has 0 radical (unpaired) electrons. The first kappa shape index (κ1) is 16.8. The Kier molecular flexibility index (Phi) is 6.24. The number of phenolic OH excluding ortho intramolecular Hbond substituents is 1. The smallest absolute Gasteiger partial charge is 0.126 e. The highest BCUT2D eigenvalue weighted by molar-refractivity contribution is 14.1. The Labute approximate surface area is 144 Å². The fraction of sp³-hybridized carbons (Fsp3) is 0.278. The maximum Gasteiger partial charge on any atom is 0.126 e. The van der Waals surface area contributed by atoms with Gasteiger partial charge in [-0.05, 0) is 52.8 Å². The Hall–Kier alpha value is -1.56. The van der Waals surface area contributed by atoms with Gasteiger partial charge in [-0.1, -0.05) is 31.5 Å². The second-order valence-corrected chi connectivity index (χ2v) is 6.33. The summed E-state index contributed by atoms with van der Waals surface area (Å²) in [5.41, 5.74) is 2.52. The summed E-state index contributed by atoms with van der Waals surface area (Å²) in [6.45, 7) is 2.51. The van der Waals surface area contributed by atoms with E-state index in [9.17, 15) is 9.90 Å². The molecule has 0 bridgehead atoms. The number of phenols is 1. The first-order chi connectivity index (χ1) is 10.7. The minimum atomic E-state index is 0.189. The third-order valence-electron chi connectivity index (χ3n) is 3.43. The average Bonchev–Trinajstić information content (AvgIpc) is 2.52. The van der Waals surface area contributed by atoms with Gasteiger partial charge in [0.1, 0.15) is 24.4 Å². The molecule has 0 heterocycles. The molecule has 0 amide bonds.